The first-order valence-electron chi connectivity index (χ1n) is 5.82. The lowest BCUT2D eigenvalue weighted by atomic mass is 9.92. The molecule has 1 fully saturated rings. The highest BCUT2D eigenvalue weighted by molar-refractivity contribution is 5.34. The topological polar surface area (TPSA) is 21.3 Å². The lowest BCUT2D eigenvalue weighted by molar-refractivity contribution is 0.363. The minimum Gasteiger partial charge on any atom is -0.496 e. The summed E-state index contributed by atoms with van der Waals surface area (Å²) in [7, 11) is 1.63. The Hall–Kier alpha value is -1.09. The molecule has 1 aliphatic rings. The lowest BCUT2D eigenvalue weighted by Crippen LogP contribution is -2.30. The van der Waals surface area contributed by atoms with E-state index < -0.39 is 0 Å². The molecule has 2 rings (SSSR count). The molecule has 1 atom stereocenters. The zero-order valence-corrected chi connectivity index (χ0v) is 9.63. The molecule has 0 saturated carbocycles. The molecule has 3 heteroatoms. The first-order chi connectivity index (χ1) is 7.79. The van der Waals surface area contributed by atoms with Crippen molar-refractivity contribution in [1.29, 1.82) is 0 Å². The molecular formula is C13H18FNO. The van der Waals surface area contributed by atoms with Crippen LogP contribution in [-0.2, 0) is 6.42 Å². The Morgan fingerprint density at radius 3 is 3.06 bits per heavy atom. The first kappa shape index (κ1) is 11.4. The van der Waals surface area contributed by atoms with Crippen LogP contribution in [0.4, 0.5) is 4.39 Å². The van der Waals surface area contributed by atoms with Gasteiger partial charge in [-0.15, -0.1) is 0 Å². The number of nitrogens with one attached hydrogen (secondary N) is 1. The van der Waals surface area contributed by atoms with E-state index in [1.54, 1.807) is 19.2 Å². The normalized spacial score (nSPS) is 20.8. The molecule has 1 aromatic carbocycles. The third kappa shape index (κ3) is 2.73. The second-order valence-corrected chi connectivity index (χ2v) is 4.37. The van der Waals surface area contributed by atoms with E-state index in [0.29, 0.717) is 5.92 Å². The average Bonchev–Trinajstić information content (AvgIpc) is 2.31. The molecule has 0 amide bonds. The van der Waals surface area contributed by atoms with E-state index in [2.05, 4.69) is 5.32 Å². The van der Waals surface area contributed by atoms with Crippen LogP contribution in [0.3, 0.4) is 0 Å². The molecule has 0 aliphatic carbocycles. The van der Waals surface area contributed by atoms with Gasteiger partial charge in [-0.3, -0.25) is 0 Å². The Balaban J connectivity index is 2.09. The average molecular weight is 223 g/mol. The Labute approximate surface area is 95.8 Å². The predicted octanol–water partition coefficient (Wildman–Crippen LogP) is 2.38. The van der Waals surface area contributed by atoms with Gasteiger partial charge in [-0.1, -0.05) is 0 Å². The highest BCUT2D eigenvalue weighted by atomic mass is 19.1. The van der Waals surface area contributed by atoms with Crippen molar-refractivity contribution in [1.82, 2.24) is 5.32 Å². The highest BCUT2D eigenvalue weighted by Crippen LogP contribution is 2.24. The summed E-state index contributed by atoms with van der Waals surface area (Å²) in [4.78, 5) is 0. The minimum atomic E-state index is -0.181. The Morgan fingerprint density at radius 2 is 2.38 bits per heavy atom. The molecule has 88 valence electrons. The molecule has 1 N–H and O–H groups in total. The highest BCUT2D eigenvalue weighted by Gasteiger charge is 2.16. The molecule has 16 heavy (non-hydrogen) atoms. The third-order valence-corrected chi connectivity index (χ3v) is 3.15. The number of ether oxygens (including phenoxy) is 1. The second kappa shape index (κ2) is 5.30. The number of methoxy groups -OCH3 is 1. The molecule has 1 aromatic rings. The molecule has 1 saturated heterocycles. The van der Waals surface area contributed by atoms with Crippen molar-refractivity contribution in [2.75, 3.05) is 20.2 Å². The summed E-state index contributed by atoms with van der Waals surface area (Å²) in [6, 6.07) is 4.75. The summed E-state index contributed by atoms with van der Waals surface area (Å²) < 4.78 is 18.4. The summed E-state index contributed by atoms with van der Waals surface area (Å²) in [6.07, 6.45) is 3.32. The van der Waals surface area contributed by atoms with Crippen LogP contribution < -0.4 is 10.1 Å². The van der Waals surface area contributed by atoms with E-state index in [4.69, 9.17) is 4.74 Å². The van der Waals surface area contributed by atoms with Crippen LogP contribution in [0.1, 0.15) is 18.4 Å². The van der Waals surface area contributed by atoms with Gasteiger partial charge in [0.15, 0.2) is 0 Å². The van der Waals surface area contributed by atoms with Crippen molar-refractivity contribution in [3.8, 4) is 5.75 Å². The maximum absolute atomic E-state index is 13.2. The largest absolute Gasteiger partial charge is 0.496 e. The van der Waals surface area contributed by atoms with E-state index >= 15 is 0 Å². The summed E-state index contributed by atoms with van der Waals surface area (Å²) in [5, 5.41) is 3.37. The molecule has 0 bridgehead atoms. The SMILES string of the molecule is COc1ccc(F)cc1CC1CCCNC1. The van der Waals surface area contributed by atoms with Gasteiger partial charge in [0.05, 0.1) is 7.11 Å². The molecule has 2 nitrogen and oxygen atoms in total. The first-order valence-corrected chi connectivity index (χ1v) is 5.82. The van der Waals surface area contributed by atoms with Gasteiger partial charge in [0.1, 0.15) is 11.6 Å². The van der Waals surface area contributed by atoms with Gasteiger partial charge in [-0.2, -0.15) is 0 Å². The summed E-state index contributed by atoms with van der Waals surface area (Å²) >= 11 is 0. The molecule has 1 aliphatic heterocycles. The van der Waals surface area contributed by atoms with E-state index in [1.807, 2.05) is 0 Å². The van der Waals surface area contributed by atoms with Crippen molar-refractivity contribution >= 4 is 0 Å². The fourth-order valence-electron chi connectivity index (χ4n) is 2.32. The zero-order chi connectivity index (χ0) is 11.4. The van der Waals surface area contributed by atoms with Crippen molar-refractivity contribution in [2.24, 2.45) is 5.92 Å². The van der Waals surface area contributed by atoms with Crippen molar-refractivity contribution in [2.45, 2.75) is 19.3 Å². The lowest BCUT2D eigenvalue weighted by Gasteiger charge is -2.23. The van der Waals surface area contributed by atoms with Gasteiger partial charge in [-0.05, 0) is 62.0 Å². The molecule has 0 radical (unpaired) electrons. The summed E-state index contributed by atoms with van der Waals surface area (Å²) in [6.45, 7) is 2.14. The molecular weight excluding hydrogens is 205 g/mol. The van der Waals surface area contributed by atoms with Crippen LogP contribution in [0.5, 0.6) is 5.75 Å². The molecule has 0 spiro atoms. The smallest absolute Gasteiger partial charge is 0.123 e. The summed E-state index contributed by atoms with van der Waals surface area (Å²) in [5.74, 6) is 1.22. The van der Waals surface area contributed by atoms with Gasteiger partial charge in [0.25, 0.3) is 0 Å². The van der Waals surface area contributed by atoms with Gasteiger partial charge in [0, 0.05) is 0 Å². The van der Waals surface area contributed by atoms with Crippen LogP contribution in [0.2, 0.25) is 0 Å². The number of halogens is 1. The maximum Gasteiger partial charge on any atom is 0.123 e. The number of rotatable bonds is 3. The predicted molar refractivity (Wildman–Crippen MR) is 62.2 cm³/mol. The van der Waals surface area contributed by atoms with Crippen LogP contribution in [0, 0.1) is 11.7 Å². The number of benzene rings is 1. The minimum absolute atomic E-state index is 0.181. The Morgan fingerprint density at radius 1 is 1.50 bits per heavy atom. The molecule has 1 heterocycles. The zero-order valence-electron chi connectivity index (χ0n) is 9.63. The van der Waals surface area contributed by atoms with Crippen LogP contribution in [0.15, 0.2) is 18.2 Å². The fourth-order valence-corrected chi connectivity index (χ4v) is 2.32. The Kier molecular flexibility index (Phi) is 3.78. The standard InChI is InChI=1S/C13H18FNO/c1-16-13-5-4-12(14)8-11(13)7-10-3-2-6-15-9-10/h4-5,8,10,15H,2-3,6-7,9H2,1H3. The number of hydrogen-bond acceptors (Lipinski definition) is 2. The van der Waals surface area contributed by atoms with Crippen LogP contribution in [0.25, 0.3) is 0 Å². The van der Waals surface area contributed by atoms with E-state index in [1.165, 1.54) is 18.9 Å². The van der Waals surface area contributed by atoms with Gasteiger partial charge >= 0.3 is 0 Å². The quantitative estimate of drug-likeness (QED) is 0.849. The van der Waals surface area contributed by atoms with Crippen LogP contribution in [-0.4, -0.2) is 20.2 Å². The Bertz CT molecular complexity index is 348. The van der Waals surface area contributed by atoms with Gasteiger partial charge in [0.2, 0.25) is 0 Å². The van der Waals surface area contributed by atoms with E-state index in [9.17, 15) is 4.39 Å². The maximum atomic E-state index is 13.2. The van der Waals surface area contributed by atoms with Gasteiger partial charge < -0.3 is 10.1 Å². The number of hydrogen-bond donors (Lipinski definition) is 1. The second-order valence-electron chi connectivity index (χ2n) is 4.37. The van der Waals surface area contributed by atoms with E-state index in [-0.39, 0.29) is 5.82 Å². The van der Waals surface area contributed by atoms with Crippen molar-refractivity contribution in [3.63, 3.8) is 0 Å². The van der Waals surface area contributed by atoms with Crippen molar-refractivity contribution in [3.05, 3.63) is 29.6 Å². The van der Waals surface area contributed by atoms with Gasteiger partial charge in [-0.25, -0.2) is 4.39 Å². The molecule has 0 aromatic heterocycles. The number of piperidine rings is 1. The summed E-state index contributed by atoms with van der Waals surface area (Å²) in [5.41, 5.74) is 0.983. The monoisotopic (exact) mass is 223 g/mol. The van der Waals surface area contributed by atoms with E-state index in [0.717, 1.165) is 30.8 Å². The van der Waals surface area contributed by atoms with Crippen molar-refractivity contribution < 1.29 is 9.13 Å². The third-order valence-electron chi connectivity index (χ3n) is 3.15. The molecule has 1 unspecified atom stereocenters. The fraction of sp³-hybridized carbons (Fsp3) is 0.538. The van der Waals surface area contributed by atoms with Crippen LogP contribution >= 0.6 is 0 Å².